The lowest BCUT2D eigenvalue weighted by molar-refractivity contribution is -0.118. The van der Waals surface area contributed by atoms with Crippen LogP contribution in [0.2, 0.25) is 0 Å². The number of benzene rings is 3. The Bertz CT molecular complexity index is 1220. The third-order valence-electron chi connectivity index (χ3n) is 5.06. The number of rotatable bonds is 5. The van der Waals surface area contributed by atoms with E-state index in [4.69, 9.17) is 9.15 Å². The summed E-state index contributed by atoms with van der Waals surface area (Å²) in [5.74, 6) is 0.875. The van der Waals surface area contributed by atoms with Gasteiger partial charge >= 0.3 is 0 Å². The molecule has 0 bridgehead atoms. The van der Waals surface area contributed by atoms with Crippen molar-refractivity contribution in [2.45, 2.75) is 33.1 Å². The molecule has 0 saturated heterocycles. The van der Waals surface area contributed by atoms with Crippen molar-refractivity contribution in [2.24, 2.45) is 0 Å². The van der Waals surface area contributed by atoms with E-state index in [0.29, 0.717) is 22.9 Å². The normalized spacial score (nSPS) is 11.5. The summed E-state index contributed by atoms with van der Waals surface area (Å²) in [6.45, 7) is 8.40. The second kappa shape index (κ2) is 8.26. The maximum atomic E-state index is 12.5. The number of ether oxygens (including phenoxy) is 1. The van der Waals surface area contributed by atoms with E-state index in [0.717, 1.165) is 16.6 Å². The van der Waals surface area contributed by atoms with E-state index in [1.54, 1.807) is 0 Å². The van der Waals surface area contributed by atoms with Gasteiger partial charge < -0.3 is 14.5 Å². The standard InChI is InChI=1S/C26H26N2O3/c1-17-9-14-23-22(15-17)28-25(31-23)20-7-5-6-8-21(20)27-24(29)16-30-19-12-10-18(11-13-19)26(2,3)4/h5-15H,16H2,1-4H3,(H,27,29). The molecule has 3 aromatic carbocycles. The second-order valence-electron chi connectivity index (χ2n) is 8.65. The third kappa shape index (κ3) is 4.77. The number of hydrogen-bond donors (Lipinski definition) is 1. The van der Waals surface area contributed by atoms with Crippen molar-refractivity contribution >= 4 is 22.7 Å². The first-order valence-electron chi connectivity index (χ1n) is 10.3. The fraction of sp³-hybridized carbons (Fsp3) is 0.231. The maximum Gasteiger partial charge on any atom is 0.262 e. The van der Waals surface area contributed by atoms with Gasteiger partial charge in [-0.3, -0.25) is 4.79 Å². The van der Waals surface area contributed by atoms with Gasteiger partial charge in [0.25, 0.3) is 5.91 Å². The summed E-state index contributed by atoms with van der Waals surface area (Å²) in [4.78, 5) is 17.1. The molecule has 31 heavy (non-hydrogen) atoms. The summed E-state index contributed by atoms with van der Waals surface area (Å²) in [5.41, 5.74) is 5.25. The number of oxazole rings is 1. The van der Waals surface area contributed by atoms with Crippen LogP contribution >= 0.6 is 0 Å². The molecular formula is C26H26N2O3. The third-order valence-corrected chi connectivity index (χ3v) is 5.06. The number of carbonyl (C=O) groups is 1. The molecule has 1 aromatic heterocycles. The summed E-state index contributed by atoms with van der Waals surface area (Å²) >= 11 is 0. The van der Waals surface area contributed by atoms with Gasteiger partial charge in [-0.2, -0.15) is 0 Å². The maximum absolute atomic E-state index is 12.5. The Morgan fingerprint density at radius 2 is 1.77 bits per heavy atom. The first-order valence-corrected chi connectivity index (χ1v) is 10.3. The Hall–Kier alpha value is -3.60. The van der Waals surface area contributed by atoms with Gasteiger partial charge in [0.15, 0.2) is 12.2 Å². The van der Waals surface area contributed by atoms with Crippen LogP contribution in [-0.4, -0.2) is 17.5 Å². The Labute approximate surface area is 182 Å². The van der Waals surface area contributed by atoms with Gasteiger partial charge in [-0.25, -0.2) is 4.98 Å². The van der Waals surface area contributed by atoms with Crippen LogP contribution in [0.15, 0.2) is 71.1 Å². The molecule has 1 amide bonds. The summed E-state index contributed by atoms with van der Waals surface area (Å²) < 4.78 is 11.6. The highest BCUT2D eigenvalue weighted by Gasteiger charge is 2.15. The molecule has 0 aliphatic rings. The van der Waals surface area contributed by atoms with Crippen LogP contribution in [0.1, 0.15) is 31.9 Å². The number of amides is 1. The molecule has 5 heteroatoms. The predicted molar refractivity (Wildman–Crippen MR) is 123 cm³/mol. The Kier molecular flexibility index (Phi) is 5.51. The van der Waals surface area contributed by atoms with Crippen LogP contribution in [0.4, 0.5) is 5.69 Å². The number of para-hydroxylation sites is 1. The number of aryl methyl sites for hydroxylation is 1. The van der Waals surface area contributed by atoms with Crippen LogP contribution in [-0.2, 0) is 10.2 Å². The van der Waals surface area contributed by atoms with Gasteiger partial charge in [0.05, 0.1) is 11.3 Å². The minimum absolute atomic E-state index is 0.0724. The molecule has 1 heterocycles. The summed E-state index contributed by atoms with van der Waals surface area (Å²) in [5, 5.41) is 2.91. The molecule has 0 atom stereocenters. The molecule has 0 fully saturated rings. The number of hydrogen-bond acceptors (Lipinski definition) is 4. The molecule has 0 aliphatic carbocycles. The average Bonchev–Trinajstić information content (AvgIpc) is 3.15. The number of fused-ring (bicyclic) bond motifs is 1. The first kappa shape index (κ1) is 20.7. The van der Waals surface area contributed by atoms with Gasteiger partial charge in [-0.05, 0) is 59.9 Å². The van der Waals surface area contributed by atoms with E-state index in [1.165, 1.54) is 5.56 Å². The smallest absolute Gasteiger partial charge is 0.262 e. The van der Waals surface area contributed by atoms with Gasteiger partial charge in [0.1, 0.15) is 11.3 Å². The second-order valence-corrected chi connectivity index (χ2v) is 8.65. The fourth-order valence-electron chi connectivity index (χ4n) is 3.32. The zero-order valence-electron chi connectivity index (χ0n) is 18.2. The van der Waals surface area contributed by atoms with Crippen LogP contribution in [0.3, 0.4) is 0 Å². The highest BCUT2D eigenvalue weighted by atomic mass is 16.5. The van der Waals surface area contributed by atoms with Gasteiger partial charge in [0.2, 0.25) is 5.89 Å². The van der Waals surface area contributed by atoms with E-state index in [1.807, 2.05) is 73.7 Å². The van der Waals surface area contributed by atoms with Crippen molar-refractivity contribution in [3.05, 3.63) is 77.9 Å². The van der Waals surface area contributed by atoms with Crippen molar-refractivity contribution in [1.82, 2.24) is 4.98 Å². The molecule has 0 radical (unpaired) electrons. The molecule has 4 aromatic rings. The largest absolute Gasteiger partial charge is 0.484 e. The molecule has 0 spiro atoms. The lowest BCUT2D eigenvalue weighted by atomic mass is 9.87. The molecule has 158 valence electrons. The lowest BCUT2D eigenvalue weighted by Crippen LogP contribution is -2.20. The molecule has 0 saturated carbocycles. The zero-order valence-corrected chi connectivity index (χ0v) is 18.2. The molecule has 0 unspecified atom stereocenters. The first-order chi connectivity index (χ1) is 14.8. The number of anilines is 1. The Balaban J connectivity index is 1.46. The van der Waals surface area contributed by atoms with Gasteiger partial charge in [-0.15, -0.1) is 0 Å². The minimum atomic E-state index is -0.251. The Morgan fingerprint density at radius 1 is 1.03 bits per heavy atom. The van der Waals surface area contributed by atoms with Gasteiger partial charge in [0, 0.05) is 0 Å². The van der Waals surface area contributed by atoms with E-state index >= 15 is 0 Å². The number of aromatic nitrogens is 1. The summed E-state index contributed by atoms with van der Waals surface area (Å²) in [6.07, 6.45) is 0. The van der Waals surface area contributed by atoms with E-state index in [9.17, 15) is 4.79 Å². The quantitative estimate of drug-likeness (QED) is 0.427. The minimum Gasteiger partial charge on any atom is -0.484 e. The summed E-state index contributed by atoms with van der Waals surface area (Å²) in [6, 6.07) is 21.1. The number of carbonyl (C=O) groups excluding carboxylic acids is 1. The average molecular weight is 415 g/mol. The molecule has 4 rings (SSSR count). The van der Waals surface area contributed by atoms with E-state index in [2.05, 4.69) is 31.1 Å². The van der Waals surface area contributed by atoms with Crippen LogP contribution in [0, 0.1) is 6.92 Å². The van der Waals surface area contributed by atoms with Crippen molar-refractivity contribution in [3.8, 4) is 17.2 Å². The van der Waals surface area contributed by atoms with Crippen molar-refractivity contribution in [1.29, 1.82) is 0 Å². The van der Waals surface area contributed by atoms with E-state index < -0.39 is 0 Å². The molecule has 0 aliphatic heterocycles. The Morgan fingerprint density at radius 3 is 2.52 bits per heavy atom. The zero-order chi connectivity index (χ0) is 22.0. The van der Waals surface area contributed by atoms with Crippen molar-refractivity contribution in [2.75, 3.05) is 11.9 Å². The highest BCUT2D eigenvalue weighted by Crippen LogP contribution is 2.30. The topological polar surface area (TPSA) is 64.4 Å². The lowest BCUT2D eigenvalue weighted by Gasteiger charge is -2.19. The van der Waals surface area contributed by atoms with Crippen LogP contribution in [0.25, 0.3) is 22.6 Å². The number of nitrogens with zero attached hydrogens (tertiary/aromatic N) is 1. The molecule has 5 nitrogen and oxygen atoms in total. The van der Waals surface area contributed by atoms with Crippen LogP contribution in [0.5, 0.6) is 5.75 Å². The summed E-state index contributed by atoms with van der Waals surface area (Å²) in [7, 11) is 0. The molecule has 1 N–H and O–H groups in total. The number of nitrogens with one attached hydrogen (secondary N) is 1. The van der Waals surface area contributed by atoms with Crippen molar-refractivity contribution < 1.29 is 13.9 Å². The monoisotopic (exact) mass is 414 g/mol. The highest BCUT2D eigenvalue weighted by molar-refractivity contribution is 5.96. The van der Waals surface area contributed by atoms with E-state index in [-0.39, 0.29) is 17.9 Å². The van der Waals surface area contributed by atoms with Crippen molar-refractivity contribution in [3.63, 3.8) is 0 Å². The fourth-order valence-corrected chi connectivity index (χ4v) is 3.32. The predicted octanol–water partition coefficient (Wildman–Crippen LogP) is 6.12. The SMILES string of the molecule is Cc1ccc2oc(-c3ccccc3NC(=O)COc3ccc(C(C)(C)C)cc3)nc2c1. The van der Waals surface area contributed by atoms with Crippen LogP contribution < -0.4 is 10.1 Å². The van der Waals surface area contributed by atoms with Gasteiger partial charge in [-0.1, -0.05) is 51.1 Å². The molecular weight excluding hydrogens is 388 g/mol.